The summed E-state index contributed by atoms with van der Waals surface area (Å²) in [4.78, 5) is 37.8. The summed E-state index contributed by atoms with van der Waals surface area (Å²) in [5, 5.41) is 6.18. The number of aromatic nitrogens is 2. The molecule has 0 aliphatic carbocycles. The number of hydrogen-bond acceptors (Lipinski definition) is 7. The standard InChI is InChI=1S/C16H22N6O2S2/c1-9-11(10-8-25-15(19-10)21(3)4)26-13(18-9)20-14(24)22-7-5-6-16(22,2)12(17)23/h8H,5-7H2,1-4H3,(H2,17,23)(H,18,20,24)/t16-/m0/s1. The molecule has 0 saturated carbocycles. The Kier molecular flexibility index (Phi) is 4.89. The first-order valence-corrected chi connectivity index (χ1v) is 9.91. The van der Waals surface area contributed by atoms with Crippen molar-refractivity contribution in [3.05, 3.63) is 11.1 Å². The Morgan fingerprint density at radius 3 is 2.73 bits per heavy atom. The van der Waals surface area contributed by atoms with Crippen LogP contribution in [0.1, 0.15) is 25.5 Å². The number of thiazole rings is 2. The van der Waals surface area contributed by atoms with Crippen LogP contribution in [0.2, 0.25) is 0 Å². The molecule has 0 unspecified atom stereocenters. The molecule has 140 valence electrons. The number of amides is 3. The summed E-state index contributed by atoms with van der Waals surface area (Å²) < 4.78 is 0. The van der Waals surface area contributed by atoms with E-state index in [0.29, 0.717) is 18.1 Å². The van der Waals surface area contributed by atoms with Crippen LogP contribution in [0.5, 0.6) is 0 Å². The van der Waals surface area contributed by atoms with E-state index in [1.54, 1.807) is 18.3 Å². The third-order valence-electron chi connectivity index (χ3n) is 4.53. The van der Waals surface area contributed by atoms with Gasteiger partial charge < -0.3 is 15.5 Å². The molecule has 1 fully saturated rings. The molecule has 0 aromatic carbocycles. The van der Waals surface area contributed by atoms with E-state index >= 15 is 0 Å². The maximum Gasteiger partial charge on any atom is 0.324 e. The monoisotopic (exact) mass is 394 g/mol. The molecule has 10 heteroatoms. The van der Waals surface area contributed by atoms with E-state index in [-0.39, 0.29) is 6.03 Å². The van der Waals surface area contributed by atoms with Crippen LogP contribution in [0.4, 0.5) is 15.1 Å². The molecule has 3 N–H and O–H groups in total. The number of aryl methyl sites for hydroxylation is 1. The molecule has 1 atom stereocenters. The number of nitrogens with two attached hydrogens (primary N) is 1. The average Bonchev–Trinajstić information content (AvgIpc) is 3.26. The molecule has 3 heterocycles. The maximum absolute atomic E-state index is 12.6. The molecule has 26 heavy (non-hydrogen) atoms. The van der Waals surface area contributed by atoms with Crippen LogP contribution in [0.15, 0.2) is 5.38 Å². The molecular formula is C16H22N6O2S2. The maximum atomic E-state index is 12.6. The third-order valence-corrected chi connectivity index (χ3v) is 6.64. The summed E-state index contributed by atoms with van der Waals surface area (Å²) in [6.45, 7) is 4.10. The quantitative estimate of drug-likeness (QED) is 0.829. The van der Waals surface area contributed by atoms with Crippen molar-refractivity contribution >= 4 is 44.9 Å². The van der Waals surface area contributed by atoms with E-state index in [2.05, 4.69) is 15.3 Å². The van der Waals surface area contributed by atoms with E-state index in [9.17, 15) is 9.59 Å². The Hall–Kier alpha value is -2.20. The van der Waals surface area contributed by atoms with E-state index in [1.165, 1.54) is 16.2 Å². The average molecular weight is 395 g/mol. The Morgan fingerprint density at radius 2 is 2.12 bits per heavy atom. The number of carbonyl (C=O) groups excluding carboxylic acids is 2. The summed E-state index contributed by atoms with van der Waals surface area (Å²) in [7, 11) is 3.89. The molecule has 8 nitrogen and oxygen atoms in total. The smallest absolute Gasteiger partial charge is 0.324 e. The van der Waals surface area contributed by atoms with Crippen molar-refractivity contribution in [2.75, 3.05) is 30.9 Å². The number of rotatable bonds is 4. The molecule has 2 aromatic heterocycles. The minimum absolute atomic E-state index is 0.351. The van der Waals surface area contributed by atoms with Gasteiger partial charge in [0.1, 0.15) is 5.54 Å². The lowest BCUT2D eigenvalue weighted by atomic mass is 9.98. The third kappa shape index (κ3) is 3.26. The SMILES string of the molecule is Cc1nc(NC(=O)N2CCC[C@@]2(C)C(N)=O)sc1-c1csc(N(C)C)n1. The zero-order valence-electron chi connectivity index (χ0n) is 15.2. The summed E-state index contributed by atoms with van der Waals surface area (Å²) in [6.07, 6.45) is 1.32. The van der Waals surface area contributed by atoms with Crippen LogP contribution >= 0.6 is 22.7 Å². The molecular weight excluding hydrogens is 372 g/mol. The van der Waals surface area contributed by atoms with E-state index in [4.69, 9.17) is 5.73 Å². The highest BCUT2D eigenvalue weighted by atomic mass is 32.1. The highest BCUT2D eigenvalue weighted by molar-refractivity contribution is 7.19. The van der Waals surface area contributed by atoms with E-state index in [1.807, 2.05) is 31.3 Å². The molecule has 0 spiro atoms. The van der Waals surface area contributed by atoms with Gasteiger partial charge in [-0.1, -0.05) is 11.3 Å². The van der Waals surface area contributed by atoms with Crippen LogP contribution in [0.3, 0.4) is 0 Å². The Labute approximate surface area is 160 Å². The van der Waals surface area contributed by atoms with Crippen molar-refractivity contribution in [2.45, 2.75) is 32.2 Å². The largest absolute Gasteiger partial charge is 0.368 e. The number of anilines is 2. The summed E-state index contributed by atoms with van der Waals surface area (Å²) in [5.74, 6) is -0.486. The molecule has 3 amide bonds. The van der Waals surface area contributed by atoms with Gasteiger partial charge in [-0.25, -0.2) is 14.8 Å². The molecule has 0 radical (unpaired) electrons. The number of nitrogens with zero attached hydrogens (tertiary/aromatic N) is 4. The summed E-state index contributed by atoms with van der Waals surface area (Å²) in [6, 6.07) is -0.351. The molecule has 0 bridgehead atoms. The van der Waals surface area contributed by atoms with Crippen LogP contribution in [-0.4, -0.2) is 53.0 Å². The first kappa shape index (κ1) is 18.6. The Bertz CT molecular complexity index is 846. The fourth-order valence-corrected chi connectivity index (χ4v) is 4.71. The van der Waals surface area contributed by atoms with Crippen LogP contribution in [0.25, 0.3) is 10.6 Å². The highest BCUT2D eigenvalue weighted by Gasteiger charge is 2.44. The van der Waals surface area contributed by atoms with E-state index in [0.717, 1.165) is 27.8 Å². The highest BCUT2D eigenvalue weighted by Crippen LogP contribution is 2.36. The number of primary amides is 1. The minimum Gasteiger partial charge on any atom is -0.368 e. The molecule has 1 aliphatic heterocycles. The first-order valence-electron chi connectivity index (χ1n) is 8.21. The van der Waals surface area contributed by atoms with Gasteiger partial charge in [0.25, 0.3) is 0 Å². The summed E-state index contributed by atoms with van der Waals surface area (Å²) >= 11 is 2.93. The number of likely N-dealkylation sites (tertiary alicyclic amines) is 1. The predicted molar refractivity (Wildman–Crippen MR) is 105 cm³/mol. The lowest BCUT2D eigenvalue weighted by molar-refractivity contribution is -0.126. The molecule has 3 rings (SSSR count). The predicted octanol–water partition coefficient (Wildman–Crippen LogP) is 2.51. The Balaban J connectivity index is 1.79. The van der Waals surface area contributed by atoms with Gasteiger partial charge in [-0.05, 0) is 26.7 Å². The summed E-state index contributed by atoms with van der Waals surface area (Å²) in [5.41, 5.74) is 6.20. The topological polar surface area (TPSA) is 104 Å². The Morgan fingerprint density at radius 1 is 1.38 bits per heavy atom. The van der Waals surface area contributed by atoms with Crippen LogP contribution in [-0.2, 0) is 4.79 Å². The van der Waals surface area contributed by atoms with Gasteiger partial charge in [0.15, 0.2) is 10.3 Å². The van der Waals surface area contributed by atoms with Gasteiger partial charge in [0.05, 0.1) is 16.3 Å². The van der Waals surface area contributed by atoms with Crippen molar-refractivity contribution in [3.63, 3.8) is 0 Å². The van der Waals surface area contributed by atoms with Crippen molar-refractivity contribution < 1.29 is 9.59 Å². The van der Waals surface area contributed by atoms with Gasteiger partial charge in [-0.15, -0.1) is 11.3 Å². The number of carbonyl (C=O) groups is 2. The lowest BCUT2D eigenvalue weighted by Gasteiger charge is -2.31. The first-order chi connectivity index (χ1) is 12.2. The normalized spacial score (nSPS) is 19.6. The second kappa shape index (κ2) is 6.84. The van der Waals surface area contributed by atoms with Gasteiger partial charge >= 0.3 is 6.03 Å². The van der Waals surface area contributed by atoms with Gasteiger partial charge in [-0.2, -0.15) is 0 Å². The van der Waals surface area contributed by atoms with Crippen molar-refractivity contribution in [3.8, 4) is 10.6 Å². The second-order valence-corrected chi connectivity index (χ2v) is 8.50. The molecule has 1 saturated heterocycles. The van der Waals surface area contributed by atoms with Crippen molar-refractivity contribution in [1.29, 1.82) is 0 Å². The van der Waals surface area contributed by atoms with Gasteiger partial charge in [0.2, 0.25) is 5.91 Å². The van der Waals surface area contributed by atoms with Gasteiger partial charge in [-0.3, -0.25) is 10.1 Å². The molecule has 2 aromatic rings. The zero-order valence-corrected chi connectivity index (χ0v) is 16.8. The fraction of sp³-hybridized carbons (Fsp3) is 0.500. The van der Waals surface area contributed by atoms with Crippen LogP contribution in [0, 0.1) is 6.92 Å². The fourth-order valence-electron chi connectivity index (χ4n) is 2.97. The second-order valence-electron chi connectivity index (χ2n) is 6.67. The number of hydrogen-bond donors (Lipinski definition) is 2. The minimum atomic E-state index is -0.950. The number of urea groups is 1. The van der Waals surface area contributed by atoms with Crippen molar-refractivity contribution in [1.82, 2.24) is 14.9 Å². The molecule has 1 aliphatic rings. The van der Waals surface area contributed by atoms with Gasteiger partial charge in [0, 0.05) is 26.0 Å². The van der Waals surface area contributed by atoms with Crippen molar-refractivity contribution in [2.24, 2.45) is 5.73 Å². The lowest BCUT2D eigenvalue weighted by Crippen LogP contribution is -2.55. The van der Waals surface area contributed by atoms with E-state index < -0.39 is 11.4 Å². The van der Waals surface area contributed by atoms with Crippen LogP contribution < -0.4 is 16.0 Å². The number of nitrogens with one attached hydrogen (secondary N) is 1. The zero-order chi connectivity index (χ0) is 19.1.